The van der Waals surface area contributed by atoms with Gasteiger partial charge in [0.1, 0.15) is 0 Å². The SMILES string of the molecule is CSc1ccccc1NC(=O)c1ccc(S(=O)(=O)NC2CC2)cc1. The van der Waals surface area contributed by atoms with Gasteiger partial charge in [-0.15, -0.1) is 11.8 Å². The molecule has 0 heterocycles. The van der Waals surface area contributed by atoms with Crippen molar-refractivity contribution in [2.45, 2.75) is 28.7 Å². The van der Waals surface area contributed by atoms with Crippen molar-refractivity contribution in [2.24, 2.45) is 0 Å². The number of rotatable bonds is 6. The van der Waals surface area contributed by atoms with Crippen LogP contribution in [0.4, 0.5) is 5.69 Å². The van der Waals surface area contributed by atoms with Crippen molar-refractivity contribution in [2.75, 3.05) is 11.6 Å². The fourth-order valence-electron chi connectivity index (χ4n) is 2.22. The van der Waals surface area contributed by atoms with Gasteiger partial charge in [-0.2, -0.15) is 0 Å². The van der Waals surface area contributed by atoms with Crippen molar-refractivity contribution in [3.05, 3.63) is 54.1 Å². The third-order valence-electron chi connectivity index (χ3n) is 3.68. The predicted octanol–water partition coefficient (Wildman–Crippen LogP) is 3.10. The summed E-state index contributed by atoms with van der Waals surface area (Å²) in [5.41, 5.74) is 1.15. The van der Waals surface area contributed by atoms with Crippen LogP contribution in [0.2, 0.25) is 0 Å². The van der Waals surface area contributed by atoms with Crippen molar-refractivity contribution < 1.29 is 13.2 Å². The van der Waals surface area contributed by atoms with Gasteiger partial charge in [0, 0.05) is 16.5 Å². The van der Waals surface area contributed by atoms with Gasteiger partial charge in [0.05, 0.1) is 10.6 Å². The van der Waals surface area contributed by atoms with Crippen LogP contribution in [0.15, 0.2) is 58.3 Å². The highest BCUT2D eigenvalue weighted by molar-refractivity contribution is 7.98. The van der Waals surface area contributed by atoms with Crippen LogP contribution in [-0.4, -0.2) is 26.6 Å². The van der Waals surface area contributed by atoms with E-state index in [0.717, 1.165) is 23.4 Å². The molecule has 1 fully saturated rings. The van der Waals surface area contributed by atoms with Crippen LogP contribution in [0.5, 0.6) is 0 Å². The van der Waals surface area contributed by atoms with Gasteiger partial charge in [0.25, 0.3) is 5.91 Å². The normalized spacial score (nSPS) is 14.4. The molecule has 0 atom stereocenters. The number of benzene rings is 2. The number of carbonyl (C=O) groups excluding carboxylic acids is 1. The van der Waals surface area contributed by atoms with Gasteiger partial charge in [-0.25, -0.2) is 13.1 Å². The van der Waals surface area contributed by atoms with E-state index in [1.54, 1.807) is 11.8 Å². The van der Waals surface area contributed by atoms with E-state index in [9.17, 15) is 13.2 Å². The maximum absolute atomic E-state index is 12.3. The molecule has 0 saturated heterocycles. The smallest absolute Gasteiger partial charge is 0.255 e. The van der Waals surface area contributed by atoms with Crippen LogP contribution < -0.4 is 10.0 Å². The van der Waals surface area contributed by atoms with Gasteiger partial charge in [0.2, 0.25) is 10.0 Å². The molecule has 2 aromatic carbocycles. The fraction of sp³-hybridized carbons (Fsp3) is 0.235. The monoisotopic (exact) mass is 362 g/mol. The molecule has 126 valence electrons. The third kappa shape index (κ3) is 3.98. The largest absolute Gasteiger partial charge is 0.321 e. The molecule has 3 rings (SSSR count). The number of hydrogen-bond acceptors (Lipinski definition) is 4. The van der Waals surface area contributed by atoms with Gasteiger partial charge >= 0.3 is 0 Å². The average molecular weight is 362 g/mol. The Bertz CT molecular complexity index is 844. The Morgan fingerprint density at radius 3 is 2.38 bits per heavy atom. The molecule has 2 aromatic rings. The van der Waals surface area contributed by atoms with Crippen LogP contribution in [0.25, 0.3) is 0 Å². The van der Waals surface area contributed by atoms with E-state index in [4.69, 9.17) is 0 Å². The van der Waals surface area contributed by atoms with Crippen molar-refractivity contribution in [1.82, 2.24) is 4.72 Å². The molecule has 2 N–H and O–H groups in total. The minimum Gasteiger partial charge on any atom is -0.321 e. The number of nitrogens with one attached hydrogen (secondary N) is 2. The van der Waals surface area contributed by atoms with E-state index in [0.29, 0.717) is 5.56 Å². The summed E-state index contributed by atoms with van der Waals surface area (Å²) in [6.07, 6.45) is 3.71. The highest BCUT2D eigenvalue weighted by Gasteiger charge is 2.27. The first-order valence-corrected chi connectivity index (χ1v) is 10.3. The molecule has 7 heteroatoms. The molecule has 0 bridgehead atoms. The van der Waals surface area contributed by atoms with Crippen molar-refractivity contribution in [3.8, 4) is 0 Å². The summed E-state index contributed by atoms with van der Waals surface area (Å²) >= 11 is 1.55. The predicted molar refractivity (Wildman–Crippen MR) is 96.0 cm³/mol. The Hall–Kier alpha value is -1.83. The minimum absolute atomic E-state index is 0.0565. The summed E-state index contributed by atoms with van der Waals surface area (Å²) in [6, 6.07) is 13.6. The molecule has 5 nitrogen and oxygen atoms in total. The van der Waals surface area contributed by atoms with E-state index in [-0.39, 0.29) is 16.8 Å². The van der Waals surface area contributed by atoms with Crippen LogP contribution >= 0.6 is 11.8 Å². The summed E-state index contributed by atoms with van der Waals surface area (Å²) in [5, 5.41) is 2.85. The van der Waals surface area contributed by atoms with Crippen LogP contribution in [0, 0.1) is 0 Å². The number of thioether (sulfide) groups is 1. The summed E-state index contributed by atoms with van der Waals surface area (Å²) in [6.45, 7) is 0. The third-order valence-corrected chi connectivity index (χ3v) is 6.01. The Morgan fingerprint density at radius 2 is 1.75 bits per heavy atom. The molecule has 0 aromatic heterocycles. The molecule has 1 saturated carbocycles. The van der Waals surface area contributed by atoms with Crippen molar-refractivity contribution in [3.63, 3.8) is 0 Å². The zero-order chi connectivity index (χ0) is 17.2. The lowest BCUT2D eigenvalue weighted by Gasteiger charge is -2.10. The van der Waals surface area contributed by atoms with Gasteiger partial charge in [0.15, 0.2) is 0 Å². The maximum Gasteiger partial charge on any atom is 0.255 e. The lowest BCUT2D eigenvalue weighted by Crippen LogP contribution is -2.25. The van der Waals surface area contributed by atoms with Crippen molar-refractivity contribution >= 4 is 33.4 Å². The van der Waals surface area contributed by atoms with Crippen LogP contribution in [0.3, 0.4) is 0 Å². The van der Waals surface area contributed by atoms with E-state index in [2.05, 4.69) is 10.0 Å². The number of carbonyl (C=O) groups is 1. The molecular weight excluding hydrogens is 344 g/mol. The summed E-state index contributed by atoms with van der Waals surface area (Å²) in [7, 11) is -3.49. The number of anilines is 1. The number of sulfonamides is 1. The molecule has 1 aliphatic rings. The molecule has 0 spiro atoms. The highest BCUT2D eigenvalue weighted by atomic mass is 32.2. The number of para-hydroxylation sites is 1. The van der Waals surface area contributed by atoms with E-state index >= 15 is 0 Å². The van der Waals surface area contributed by atoms with E-state index < -0.39 is 10.0 Å². The molecule has 24 heavy (non-hydrogen) atoms. The second-order valence-corrected chi connectivity index (χ2v) is 8.14. The quantitative estimate of drug-likeness (QED) is 0.774. The average Bonchev–Trinajstić information content (AvgIpc) is 3.38. The summed E-state index contributed by atoms with van der Waals surface area (Å²) in [4.78, 5) is 13.5. The first-order chi connectivity index (χ1) is 11.5. The minimum atomic E-state index is -3.49. The Kier molecular flexibility index (Phi) is 4.93. The maximum atomic E-state index is 12.3. The van der Waals surface area contributed by atoms with Gasteiger partial charge < -0.3 is 5.32 Å². The highest BCUT2D eigenvalue weighted by Crippen LogP contribution is 2.25. The Morgan fingerprint density at radius 1 is 1.08 bits per heavy atom. The molecular formula is C17H18N2O3S2. The standard InChI is InChI=1S/C17H18N2O3S2/c1-23-16-5-3-2-4-15(16)18-17(20)12-6-10-14(11-7-12)24(21,22)19-13-8-9-13/h2-7,10-11,13,19H,8-9H2,1H3,(H,18,20). The van der Waals surface area contributed by atoms with Gasteiger partial charge in [-0.1, -0.05) is 12.1 Å². The Labute approximate surface area is 145 Å². The van der Waals surface area contributed by atoms with Gasteiger partial charge in [-0.05, 0) is 55.5 Å². The van der Waals surface area contributed by atoms with Gasteiger partial charge in [-0.3, -0.25) is 4.79 Å². The first kappa shape index (κ1) is 17.0. The van der Waals surface area contributed by atoms with Crippen LogP contribution in [0.1, 0.15) is 23.2 Å². The van der Waals surface area contributed by atoms with Crippen molar-refractivity contribution in [1.29, 1.82) is 0 Å². The number of amides is 1. The summed E-state index contributed by atoms with van der Waals surface area (Å²) < 4.78 is 26.9. The zero-order valence-corrected chi connectivity index (χ0v) is 14.8. The Balaban J connectivity index is 1.74. The van der Waals surface area contributed by atoms with Crippen LogP contribution in [-0.2, 0) is 10.0 Å². The second-order valence-electron chi connectivity index (χ2n) is 5.57. The van der Waals surface area contributed by atoms with E-state index in [1.807, 2.05) is 30.5 Å². The topological polar surface area (TPSA) is 75.3 Å². The molecule has 0 radical (unpaired) electrons. The molecule has 0 unspecified atom stereocenters. The summed E-state index contributed by atoms with van der Waals surface area (Å²) in [5.74, 6) is -0.268. The number of hydrogen-bond donors (Lipinski definition) is 2. The lowest BCUT2D eigenvalue weighted by atomic mass is 10.2. The zero-order valence-electron chi connectivity index (χ0n) is 13.2. The second kappa shape index (κ2) is 6.96. The fourth-order valence-corrected chi connectivity index (χ4v) is 4.08. The lowest BCUT2D eigenvalue weighted by molar-refractivity contribution is 0.102. The molecule has 1 aliphatic carbocycles. The molecule has 0 aliphatic heterocycles. The molecule has 1 amide bonds. The first-order valence-electron chi connectivity index (χ1n) is 7.56. The van der Waals surface area contributed by atoms with E-state index in [1.165, 1.54) is 24.3 Å².